The molecule has 2 rings (SSSR count). The van der Waals surface area contributed by atoms with Crippen LogP contribution in [0.3, 0.4) is 0 Å². The van der Waals surface area contributed by atoms with E-state index in [1.807, 2.05) is 0 Å². The summed E-state index contributed by atoms with van der Waals surface area (Å²) in [5, 5.41) is 2.49. The molecule has 0 spiro atoms. The minimum atomic E-state index is -1.06. The third-order valence-corrected chi connectivity index (χ3v) is 2.60. The number of carbonyl (C=O) groups excluding carboxylic acids is 1. The van der Waals surface area contributed by atoms with E-state index in [0.29, 0.717) is 0 Å². The Morgan fingerprint density at radius 2 is 2.00 bits per heavy atom. The summed E-state index contributed by atoms with van der Waals surface area (Å²) in [7, 11) is 0. The van der Waals surface area contributed by atoms with Gasteiger partial charge in [0, 0.05) is 18.0 Å². The Hall–Kier alpha value is -2.21. The number of benzene rings is 1. The fourth-order valence-electron chi connectivity index (χ4n) is 1.40. The predicted molar refractivity (Wildman–Crippen MR) is 68.0 cm³/mol. The van der Waals surface area contributed by atoms with Crippen molar-refractivity contribution in [3.8, 4) is 0 Å². The van der Waals surface area contributed by atoms with E-state index in [4.69, 9.17) is 17.3 Å². The molecule has 0 radical (unpaired) electrons. The normalized spacial score (nSPS) is 10.3. The number of amides is 1. The number of halogens is 3. The Morgan fingerprint density at radius 3 is 2.68 bits per heavy atom. The summed E-state index contributed by atoms with van der Waals surface area (Å²) in [4.78, 5) is 15.6. The lowest BCUT2D eigenvalue weighted by Crippen LogP contribution is -2.13. The van der Waals surface area contributed by atoms with Crippen LogP contribution in [0.15, 0.2) is 30.5 Å². The van der Waals surface area contributed by atoms with Crippen molar-refractivity contribution in [1.29, 1.82) is 0 Å². The molecule has 19 heavy (non-hydrogen) atoms. The fourth-order valence-corrected chi connectivity index (χ4v) is 1.59. The fraction of sp³-hybridized carbons (Fsp3) is 0. The number of aromatic nitrogens is 1. The van der Waals surface area contributed by atoms with Gasteiger partial charge in [-0.25, -0.2) is 13.8 Å². The van der Waals surface area contributed by atoms with Gasteiger partial charge >= 0.3 is 0 Å². The average molecular weight is 284 g/mol. The molecule has 1 aromatic carbocycles. The molecule has 1 heterocycles. The van der Waals surface area contributed by atoms with Crippen LogP contribution in [-0.4, -0.2) is 10.9 Å². The third-order valence-electron chi connectivity index (χ3n) is 2.30. The van der Waals surface area contributed by atoms with E-state index in [1.165, 1.54) is 18.3 Å². The minimum absolute atomic E-state index is 0.0962. The van der Waals surface area contributed by atoms with Crippen LogP contribution in [0.1, 0.15) is 10.4 Å². The smallest absolute Gasteiger partial charge is 0.257 e. The van der Waals surface area contributed by atoms with Crippen molar-refractivity contribution in [2.75, 3.05) is 11.1 Å². The molecule has 3 N–H and O–H groups in total. The van der Waals surface area contributed by atoms with E-state index in [1.54, 1.807) is 0 Å². The molecule has 0 saturated carbocycles. The average Bonchev–Trinajstić information content (AvgIpc) is 2.36. The van der Waals surface area contributed by atoms with Crippen molar-refractivity contribution in [2.45, 2.75) is 0 Å². The molecular formula is C12H8ClF2N3O. The molecule has 0 fully saturated rings. The molecule has 0 unspecified atom stereocenters. The van der Waals surface area contributed by atoms with Gasteiger partial charge < -0.3 is 11.1 Å². The van der Waals surface area contributed by atoms with E-state index in [0.717, 1.165) is 12.1 Å². The van der Waals surface area contributed by atoms with Gasteiger partial charge in [-0.15, -0.1) is 0 Å². The predicted octanol–water partition coefficient (Wildman–Crippen LogP) is 2.85. The highest BCUT2D eigenvalue weighted by molar-refractivity contribution is 6.34. The van der Waals surface area contributed by atoms with Crippen LogP contribution in [0.4, 0.5) is 20.3 Å². The number of anilines is 2. The van der Waals surface area contributed by atoms with E-state index in [2.05, 4.69) is 10.3 Å². The van der Waals surface area contributed by atoms with Gasteiger partial charge in [-0.2, -0.15) is 0 Å². The van der Waals surface area contributed by atoms with Crippen LogP contribution >= 0.6 is 11.6 Å². The van der Waals surface area contributed by atoms with Gasteiger partial charge in [0.2, 0.25) is 0 Å². The topological polar surface area (TPSA) is 68.0 Å². The number of hydrogen-bond acceptors (Lipinski definition) is 3. The zero-order chi connectivity index (χ0) is 14.0. The maximum atomic E-state index is 13.0. The summed E-state index contributed by atoms with van der Waals surface area (Å²) in [6.45, 7) is 0. The van der Waals surface area contributed by atoms with E-state index < -0.39 is 17.5 Å². The number of nitrogens with one attached hydrogen (secondary N) is 1. The first-order valence-electron chi connectivity index (χ1n) is 5.15. The Bertz CT molecular complexity index is 649. The Labute approximate surface area is 112 Å². The Balaban J connectivity index is 2.25. The van der Waals surface area contributed by atoms with Crippen LogP contribution in [0, 0.1) is 11.6 Å². The molecule has 0 aliphatic heterocycles. The first-order valence-corrected chi connectivity index (χ1v) is 5.52. The van der Waals surface area contributed by atoms with Crippen LogP contribution < -0.4 is 11.1 Å². The van der Waals surface area contributed by atoms with Gasteiger partial charge in [-0.3, -0.25) is 4.79 Å². The van der Waals surface area contributed by atoms with Crippen LogP contribution in [0.5, 0.6) is 0 Å². The number of carbonyl (C=O) groups is 1. The van der Waals surface area contributed by atoms with Crippen LogP contribution in [-0.2, 0) is 0 Å². The molecule has 98 valence electrons. The Kier molecular flexibility index (Phi) is 3.62. The second-order valence-corrected chi connectivity index (χ2v) is 4.08. The highest BCUT2D eigenvalue weighted by Crippen LogP contribution is 2.19. The molecule has 0 aliphatic carbocycles. The molecule has 0 saturated heterocycles. The molecule has 1 aromatic heterocycles. The summed E-state index contributed by atoms with van der Waals surface area (Å²) >= 11 is 5.80. The van der Waals surface area contributed by atoms with Gasteiger partial charge in [0.1, 0.15) is 5.82 Å². The molecular weight excluding hydrogens is 276 g/mol. The second-order valence-electron chi connectivity index (χ2n) is 3.67. The maximum absolute atomic E-state index is 13.0. The first kappa shape index (κ1) is 13.2. The zero-order valence-electron chi connectivity index (χ0n) is 9.45. The lowest BCUT2D eigenvalue weighted by atomic mass is 10.2. The van der Waals surface area contributed by atoms with Crippen molar-refractivity contribution in [2.24, 2.45) is 0 Å². The standard InChI is InChI=1S/C12H8ClF2N3O/c13-8-5-17-11(16)4-7(8)12(19)18-6-1-2-9(14)10(15)3-6/h1-5H,(H2,16,17)(H,18,19). The lowest BCUT2D eigenvalue weighted by molar-refractivity contribution is 0.102. The number of pyridine rings is 1. The summed E-state index contributed by atoms with van der Waals surface area (Å²) in [5.74, 6) is -2.52. The summed E-state index contributed by atoms with van der Waals surface area (Å²) in [5.41, 5.74) is 5.65. The molecule has 0 atom stereocenters. The molecule has 7 heteroatoms. The second kappa shape index (κ2) is 5.19. The molecule has 0 bridgehead atoms. The van der Waals surface area contributed by atoms with Gasteiger partial charge in [-0.1, -0.05) is 11.6 Å². The summed E-state index contributed by atoms with van der Waals surface area (Å²) < 4.78 is 25.7. The van der Waals surface area contributed by atoms with Crippen molar-refractivity contribution < 1.29 is 13.6 Å². The number of hydrogen-bond donors (Lipinski definition) is 2. The van der Waals surface area contributed by atoms with Crippen molar-refractivity contribution >= 4 is 29.0 Å². The number of nitrogens with two attached hydrogens (primary N) is 1. The SMILES string of the molecule is Nc1cc(C(=O)Nc2ccc(F)c(F)c2)c(Cl)cn1. The van der Waals surface area contributed by atoms with E-state index >= 15 is 0 Å². The van der Waals surface area contributed by atoms with Gasteiger partial charge in [0.25, 0.3) is 5.91 Å². The van der Waals surface area contributed by atoms with E-state index in [-0.39, 0.29) is 22.1 Å². The van der Waals surface area contributed by atoms with E-state index in [9.17, 15) is 13.6 Å². The quantitative estimate of drug-likeness (QED) is 0.890. The number of nitrogen functional groups attached to an aromatic ring is 1. The van der Waals surface area contributed by atoms with Crippen molar-refractivity contribution in [3.63, 3.8) is 0 Å². The maximum Gasteiger partial charge on any atom is 0.257 e. The molecule has 0 aliphatic rings. The molecule has 4 nitrogen and oxygen atoms in total. The monoisotopic (exact) mass is 283 g/mol. The zero-order valence-corrected chi connectivity index (χ0v) is 10.2. The third kappa shape index (κ3) is 2.97. The number of nitrogens with zero attached hydrogens (tertiary/aromatic N) is 1. The highest BCUT2D eigenvalue weighted by Gasteiger charge is 2.12. The van der Waals surface area contributed by atoms with Crippen molar-refractivity contribution in [3.05, 3.63) is 52.7 Å². The number of rotatable bonds is 2. The summed E-state index contributed by atoms with van der Waals surface area (Å²) in [6.07, 6.45) is 1.23. The minimum Gasteiger partial charge on any atom is -0.384 e. The highest BCUT2D eigenvalue weighted by atomic mass is 35.5. The lowest BCUT2D eigenvalue weighted by Gasteiger charge is -2.07. The van der Waals surface area contributed by atoms with Crippen LogP contribution in [0.2, 0.25) is 5.02 Å². The molecule has 1 amide bonds. The van der Waals surface area contributed by atoms with Gasteiger partial charge in [-0.05, 0) is 18.2 Å². The molecule has 2 aromatic rings. The summed E-state index contributed by atoms with van der Waals surface area (Å²) in [6, 6.07) is 4.30. The van der Waals surface area contributed by atoms with Crippen LogP contribution in [0.25, 0.3) is 0 Å². The van der Waals surface area contributed by atoms with Gasteiger partial charge in [0.05, 0.1) is 10.6 Å². The first-order chi connectivity index (χ1) is 8.97. The van der Waals surface area contributed by atoms with Crippen molar-refractivity contribution in [1.82, 2.24) is 4.98 Å². The van der Waals surface area contributed by atoms with Gasteiger partial charge in [0.15, 0.2) is 11.6 Å². The Morgan fingerprint density at radius 1 is 1.26 bits per heavy atom. The largest absolute Gasteiger partial charge is 0.384 e.